The second kappa shape index (κ2) is 11.0. The van der Waals surface area contributed by atoms with E-state index in [2.05, 4.69) is 83.0 Å². The molecule has 0 amide bonds. The molecule has 0 bridgehead atoms. The average molecular weight is 431 g/mol. The SMILES string of the molecule is CCNC(=NCc1ccccc1-n1cccn1)NC1CCN(Cc2ccccc2)C(C)C1. The van der Waals surface area contributed by atoms with Gasteiger partial charge in [0.05, 0.1) is 12.2 Å². The summed E-state index contributed by atoms with van der Waals surface area (Å²) in [5.41, 5.74) is 3.61. The smallest absolute Gasteiger partial charge is 0.191 e. The maximum atomic E-state index is 4.90. The first-order valence-corrected chi connectivity index (χ1v) is 11.6. The van der Waals surface area contributed by atoms with E-state index in [0.717, 1.165) is 49.7 Å². The molecule has 0 saturated carbocycles. The molecular weight excluding hydrogens is 396 g/mol. The van der Waals surface area contributed by atoms with E-state index in [1.165, 1.54) is 5.56 Å². The van der Waals surface area contributed by atoms with Crippen LogP contribution in [0, 0.1) is 0 Å². The Bertz CT molecular complexity index is 983. The van der Waals surface area contributed by atoms with Crippen LogP contribution in [0.25, 0.3) is 5.69 Å². The van der Waals surface area contributed by atoms with Crippen molar-refractivity contribution >= 4 is 5.96 Å². The molecule has 0 radical (unpaired) electrons. The molecule has 1 aliphatic rings. The van der Waals surface area contributed by atoms with Crippen LogP contribution in [-0.2, 0) is 13.1 Å². The summed E-state index contributed by atoms with van der Waals surface area (Å²) in [4.78, 5) is 7.48. The van der Waals surface area contributed by atoms with Crippen molar-refractivity contribution in [2.45, 2.75) is 51.9 Å². The van der Waals surface area contributed by atoms with E-state index in [-0.39, 0.29) is 0 Å². The highest BCUT2D eigenvalue weighted by molar-refractivity contribution is 5.80. The van der Waals surface area contributed by atoms with Gasteiger partial charge in [0, 0.05) is 44.1 Å². The van der Waals surface area contributed by atoms with Crippen molar-refractivity contribution in [3.63, 3.8) is 0 Å². The van der Waals surface area contributed by atoms with Gasteiger partial charge in [-0.2, -0.15) is 5.10 Å². The molecule has 3 aromatic rings. The van der Waals surface area contributed by atoms with Crippen LogP contribution in [-0.4, -0.2) is 45.8 Å². The quantitative estimate of drug-likeness (QED) is 0.440. The Morgan fingerprint density at radius 1 is 1.09 bits per heavy atom. The average Bonchev–Trinajstić information content (AvgIpc) is 3.35. The number of nitrogens with one attached hydrogen (secondary N) is 2. The van der Waals surface area contributed by atoms with Crippen LogP contribution >= 0.6 is 0 Å². The number of guanidine groups is 1. The molecule has 168 valence electrons. The Morgan fingerprint density at radius 2 is 1.91 bits per heavy atom. The highest BCUT2D eigenvalue weighted by Gasteiger charge is 2.26. The number of hydrogen-bond acceptors (Lipinski definition) is 3. The molecule has 32 heavy (non-hydrogen) atoms. The largest absolute Gasteiger partial charge is 0.357 e. The zero-order chi connectivity index (χ0) is 22.2. The van der Waals surface area contributed by atoms with Crippen molar-refractivity contribution in [3.8, 4) is 5.69 Å². The van der Waals surface area contributed by atoms with Crippen molar-refractivity contribution < 1.29 is 0 Å². The molecule has 4 rings (SSSR count). The highest BCUT2D eigenvalue weighted by Crippen LogP contribution is 2.20. The lowest BCUT2D eigenvalue weighted by atomic mass is 9.97. The first-order valence-electron chi connectivity index (χ1n) is 11.6. The number of hydrogen-bond donors (Lipinski definition) is 2. The van der Waals surface area contributed by atoms with Crippen LogP contribution in [0.2, 0.25) is 0 Å². The Balaban J connectivity index is 1.37. The molecule has 1 saturated heterocycles. The first kappa shape index (κ1) is 22.1. The summed E-state index contributed by atoms with van der Waals surface area (Å²) in [5.74, 6) is 0.886. The fourth-order valence-electron chi connectivity index (χ4n) is 4.36. The van der Waals surface area contributed by atoms with Gasteiger partial charge >= 0.3 is 0 Å². The number of piperidine rings is 1. The molecule has 2 aromatic carbocycles. The van der Waals surface area contributed by atoms with Gasteiger partial charge in [-0.25, -0.2) is 9.67 Å². The maximum Gasteiger partial charge on any atom is 0.191 e. The van der Waals surface area contributed by atoms with E-state index in [4.69, 9.17) is 4.99 Å². The third-order valence-electron chi connectivity index (χ3n) is 6.08. The van der Waals surface area contributed by atoms with E-state index in [0.29, 0.717) is 18.6 Å². The standard InChI is InChI=1S/C26H34N6/c1-3-27-26(28-19-23-12-7-8-13-25(23)32-16-9-15-29-32)30-24-14-17-31(21(2)18-24)20-22-10-5-4-6-11-22/h4-13,15-16,21,24H,3,14,17-20H2,1-2H3,(H2,27,28,30). The zero-order valence-corrected chi connectivity index (χ0v) is 19.1. The molecule has 6 nitrogen and oxygen atoms in total. The molecule has 2 N–H and O–H groups in total. The second-order valence-electron chi connectivity index (χ2n) is 8.45. The van der Waals surface area contributed by atoms with E-state index >= 15 is 0 Å². The molecule has 6 heteroatoms. The van der Waals surface area contributed by atoms with Crippen LogP contribution in [0.3, 0.4) is 0 Å². The Kier molecular flexibility index (Phi) is 7.56. The fourth-order valence-corrected chi connectivity index (χ4v) is 4.36. The summed E-state index contributed by atoms with van der Waals surface area (Å²) in [6, 6.07) is 22.0. The molecular formula is C26H34N6. The molecule has 0 aliphatic carbocycles. The number of aromatic nitrogens is 2. The third kappa shape index (κ3) is 5.77. The number of para-hydroxylation sites is 1. The Hall–Kier alpha value is -3.12. The fraction of sp³-hybridized carbons (Fsp3) is 0.385. The van der Waals surface area contributed by atoms with Gasteiger partial charge in [-0.05, 0) is 49.9 Å². The molecule has 2 unspecified atom stereocenters. The third-order valence-corrected chi connectivity index (χ3v) is 6.08. The second-order valence-corrected chi connectivity index (χ2v) is 8.45. The Morgan fingerprint density at radius 3 is 2.66 bits per heavy atom. The van der Waals surface area contributed by atoms with Crippen LogP contribution in [0.1, 0.15) is 37.8 Å². The number of nitrogens with zero attached hydrogens (tertiary/aromatic N) is 4. The Labute approximate surface area is 191 Å². The van der Waals surface area contributed by atoms with Crippen LogP contribution in [0.15, 0.2) is 78.0 Å². The van der Waals surface area contributed by atoms with Crippen LogP contribution in [0.4, 0.5) is 0 Å². The van der Waals surface area contributed by atoms with E-state index < -0.39 is 0 Å². The van der Waals surface area contributed by atoms with Crippen molar-refractivity contribution in [1.82, 2.24) is 25.3 Å². The number of likely N-dealkylation sites (tertiary alicyclic amines) is 1. The van der Waals surface area contributed by atoms with Gasteiger partial charge in [0.15, 0.2) is 5.96 Å². The summed E-state index contributed by atoms with van der Waals surface area (Å²) in [7, 11) is 0. The summed E-state index contributed by atoms with van der Waals surface area (Å²) in [6.07, 6.45) is 6.00. The molecule has 2 atom stereocenters. The summed E-state index contributed by atoms with van der Waals surface area (Å²) in [6.45, 7) is 8.01. The van der Waals surface area contributed by atoms with E-state index in [1.54, 1.807) is 6.20 Å². The van der Waals surface area contributed by atoms with Gasteiger partial charge < -0.3 is 10.6 Å². The summed E-state index contributed by atoms with van der Waals surface area (Å²) in [5, 5.41) is 11.5. The molecule has 0 spiro atoms. The molecule has 1 aromatic heterocycles. The van der Waals surface area contributed by atoms with E-state index in [1.807, 2.05) is 23.0 Å². The predicted molar refractivity (Wildman–Crippen MR) is 131 cm³/mol. The number of aliphatic imine (C=N–C) groups is 1. The molecule has 2 heterocycles. The lowest BCUT2D eigenvalue weighted by molar-refractivity contribution is 0.134. The van der Waals surface area contributed by atoms with Crippen molar-refractivity contribution in [2.24, 2.45) is 4.99 Å². The number of rotatable bonds is 7. The minimum atomic E-state index is 0.427. The van der Waals surface area contributed by atoms with Gasteiger partial charge in [0.2, 0.25) is 0 Å². The lowest BCUT2D eigenvalue weighted by Crippen LogP contribution is -2.51. The van der Waals surface area contributed by atoms with Crippen molar-refractivity contribution in [3.05, 3.63) is 84.2 Å². The van der Waals surface area contributed by atoms with Crippen LogP contribution < -0.4 is 10.6 Å². The minimum absolute atomic E-state index is 0.427. The van der Waals surface area contributed by atoms with Crippen molar-refractivity contribution in [2.75, 3.05) is 13.1 Å². The van der Waals surface area contributed by atoms with Gasteiger partial charge in [-0.1, -0.05) is 48.5 Å². The first-order chi connectivity index (χ1) is 15.7. The highest BCUT2D eigenvalue weighted by atomic mass is 15.3. The molecule has 1 fully saturated rings. The van der Waals surface area contributed by atoms with Gasteiger partial charge in [-0.15, -0.1) is 0 Å². The minimum Gasteiger partial charge on any atom is -0.357 e. The van der Waals surface area contributed by atoms with Gasteiger partial charge in [0.1, 0.15) is 0 Å². The summed E-state index contributed by atoms with van der Waals surface area (Å²) >= 11 is 0. The van der Waals surface area contributed by atoms with Crippen molar-refractivity contribution in [1.29, 1.82) is 0 Å². The lowest BCUT2D eigenvalue weighted by Gasteiger charge is -2.38. The van der Waals surface area contributed by atoms with E-state index in [9.17, 15) is 0 Å². The predicted octanol–water partition coefficient (Wildman–Crippen LogP) is 3.98. The maximum absolute atomic E-state index is 4.90. The monoisotopic (exact) mass is 430 g/mol. The van der Waals surface area contributed by atoms with Crippen LogP contribution in [0.5, 0.6) is 0 Å². The molecule has 1 aliphatic heterocycles. The van der Waals surface area contributed by atoms with Gasteiger partial charge in [-0.3, -0.25) is 4.90 Å². The normalized spacial score (nSPS) is 19.6. The van der Waals surface area contributed by atoms with Gasteiger partial charge in [0.25, 0.3) is 0 Å². The number of benzene rings is 2. The summed E-state index contributed by atoms with van der Waals surface area (Å²) < 4.78 is 1.90. The topological polar surface area (TPSA) is 57.5 Å². The zero-order valence-electron chi connectivity index (χ0n) is 19.1.